The summed E-state index contributed by atoms with van der Waals surface area (Å²) >= 11 is 1.69. The quantitative estimate of drug-likeness (QED) is 0.836. The number of carbonyl (C=O) groups is 1. The molecule has 0 aliphatic carbocycles. The number of nitrogens with one attached hydrogen (secondary N) is 1. The van der Waals surface area contributed by atoms with Crippen molar-refractivity contribution in [1.29, 1.82) is 0 Å². The minimum atomic E-state index is -0.353. The number of amides is 1. The van der Waals surface area contributed by atoms with Gasteiger partial charge in [0.15, 0.2) is 0 Å². The Morgan fingerprint density at radius 2 is 2.29 bits per heavy atom. The molecule has 6 heteroatoms. The van der Waals surface area contributed by atoms with E-state index in [0.29, 0.717) is 13.0 Å². The topological polar surface area (TPSA) is 65.5 Å². The highest BCUT2D eigenvalue weighted by atomic mass is 32.1. The average molecular weight is 311 g/mol. The van der Waals surface area contributed by atoms with Gasteiger partial charge in [0.1, 0.15) is 0 Å². The molecule has 1 unspecified atom stereocenters. The number of aryl methyl sites for hydroxylation is 1. The van der Waals surface area contributed by atoms with E-state index in [1.54, 1.807) is 18.3 Å². The molecule has 5 nitrogen and oxygen atoms in total. The normalized spacial score (nSPS) is 18.6. The van der Waals surface area contributed by atoms with E-state index in [1.165, 1.54) is 0 Å². The molecule has 21 heavy (non-hydrogen) atoms. The van der Waals surface area contributed by atoms with Crippen molar-refractivity contribution in [2.75, 3.05) is 19.6 Å². The maximum Gasteiger partial charge on any atom is 0.223 e. The number of likely N-dealkylation sites (tertiary alicyclic amines) is 1. The maximum atomic E-state index is 12.0. The molecule has 1 aromatic rings. The van der Waals surface area contributed by atoms with Crippen LogP contribution in [0.4, 0.5) is 0 Å². The first kappa shape index (κ1) is 16.4. The predicted molar refractivity (Wildman–Crippen MR) is 84.2 cm³/mol. The van der Waals surface area contributed by atoms with Crippen LogP contribution in [-0.2, 0) is 11.3 Å². The highest BCUT2D eigenvalue weighted by Gasteiger charge is 2.25. The average Bonchev–Trinajstić information content (AvgIpc) is 2.84. The van der Waals surface area contributed by atoms with Gasteiger partial charge in [-0.15, -0.1) is 11.3 Å². The van der Waals surface area contributed by atoms with E-state index < -0.39 is 0 Å². The molecular formula is C15H25N3O2S. The summed E-state index contributed by atoms with van der Waals surface area (Å²) in [5, 5.41) is 15.3. The molecular weight excluding hydrogens is 286 g/mol. The van der Waals surface area contributed by atoms with Crippen LogP contribution in [0.5, 0.6) is 0 Å². The highest BCUT2D eigenvalue weighted by Crippen LogP contribution is 2.19. The van der Waals surface area contributed by atoms with Gasteiger partial charge in [0.2, 0.25) is 5.91 Å². The predicted octanol–water partition coefficient (Wildman–Crippen LogP) is 1.55. The number of aliphatic hydroxyl groups is 1. The van der Waals surface area contributed by atoms with Crippen LogP contribution >= 0.6 is 11.3 Å². The third kappa shape index (κ3) is 5.37. The molecule has 0 radical (unpaired) electrons. The zero-order valence-electron chi connectivity index (χ0n) is 12.8. The molecule has 2 N–H and O–H groups in total. The van der Waals surface area contributed by atoms with E-state index >= 15 is 0 Å². The Bertz CT molecular complexity index is 454. The monoisotopic (exact) mass is 311 g/mol. The molecule has 118 valence electrons. The van der Waals surface area contributed by atoms with Gasteiger partial charge in [-0.25, -0.2) is 4.98 Å². The van der Waals surface area contributed by atoms with Gasteiger partial charge in [0.05, 0.1) is 16.8 Å². The van der Waals surface area contributed by atoms with Crippen LogP contribution in [0.3, 0.4) is 0 Å². The standard InChI is InChI=1S/C15H25N3O2S/c1-11(19)3-6-16-15(20)13-4-7-18(8-5-13)9-14-10-21-12(2)17-14/h10-11,13,19H,3-9H2,1-2H3,(H,16,20). The van der Waals surface area contributed by atoms with Gasteiger partial charge in [-0.1, -0.05) is 0 Å². The molecule has 1 fully saturated rings. The number of piperidine rings is 1. The van der Waals surface area contributed by atoms with Gasteiger partial charge in [0, 0.05) is 24.4 Å². The minimum Gasteiger partial charge on any atom is -0.393 e. The summed E-state index contributed by atoms with van der Waals surface area (Å²) in [6.45, 7) is 7.12. The Hall–Kier alpha value is -0.980. The Kier molecular flexibility index (Phi) is 6.14. The fraction of sp³-hybridized carbons (Fsp3) is 0.733. The lowest BCUT2D eigenvalue weighted by atomic mass is 9.96. The fourth-order valence-electron chi connectivity index (χ4n) is 2.61. The van der Waals surface area contributed by atoms with E-state index in [9.17, 15) is 9.90 Å². The molecule has 1 aromatic heterocycles. The van der Waals surface area contributed by atoms with Crippen molar-refractivity contribution in [2.45, 2.75) is 45.8 Å². The molecule has 0 saturated carbocycles. The SMILES string of the molecule is Cc1nc(CN2CCC(C(=O)NCCC(C)O)CC2)cs1. The maximum absolute atomic E-state index is 12.0. The highest BCUT2D eigenvalue weighted by molar-refractivity contribution is 7.09. The summed E-state index contributed by atoms with van der Waals surface area (Å²) in [5.41, 5.74) is 1.14. The van der Waals surface area contributed by atoms with Gasteiger partial charge in [-0.05, 0) is 46.2 Å². The molecule has 0 bridgehead atoms. The molecule has 1 amide bonds. The number of aliphatic hydroxyl groups excluding tert-OH is 1. The second-order valence-electron chi connectivity index (χ2n) is 5.84. The number of carbonyl (C=O) groups excluding carboxylic acids is 1. The summed E-state index contributed by atoms with van der Waals surface area (Å²) in [6, 6.07) is 0. The van der Waals surface area contributed by atoms with Gasteiger partial charge in [-0.2, -0.15) is 0 Å². The van der Waals surface area contributed by atoms with Crippen LogP contribution < -0.4 is 5.32 Å². The largest absolute Gasteiger partial charge is 0.393 e. The van der Waals surface area contributed by atoms with Gasteiger partial charge < -0.3 is 10.4 Å². The zero-order valence-corrected chi connectivity index (χ0v) is 13.7. The van der Waals surface area contributed by atoms with Crippen LogP contribution in [0.1, 0.15) is 36.9 Å². The van der Waals surface area contributed by atoms with Crippen molar-refractivity contribution in [3.63, 3.8) is 0 Å². The van der Waals surface area contributed by atoms with E-state index in [-0.39, 0.29) is 17.9 Å². The summed E-state index contributed by atoms with van der Waals surface area (Å²) in [6.07, 6.45) is 2.08. The van der Waals surface area contributed by atoms with Crippen LogP contribution in [-0.4, -0.2) is 46.6 Å². The number of rotatable bonds is 6. The van der Waals surface area contributed by atoms with Crippen molar-refractivity contribution in [3.8, 4) is 0 Å². The van der Waals surface area contributed by atoms with Crippen molar-refractivity contribution >= 4 is 17.2 Å². The third-order valence-corrected chi connectivity index (χ3v) is 4.69. The minimum absolute atomic E-state index is 0.118. The zero-order chi connectivity index (χ0) is 15.2. The summed E-state index contributed by atoms with van der Waals surface area (Å²) in [4.78, 5) is 18.9. The lowest BCUT2D eigenvalue weighted by Crippen LogP contribution is -2.40. The van der Waals surface area contributed by atoms with Crippen LogP contribution in [0, 0.1) is 12.8 Å². The molecule has 2 rings (SSSR count). The lowest BCUT2D eigenvalue weighted by molar-refractivity contribution is -0.126. The van der Waals surface area contributed by atoms with Crippen molar-refractivity contribution in [3.05, 3.63) is 16.1 Å². The number of hydrogen-bond donors (Lipinski definition) is 2. The van der Waals surface area contributed by atoms with Crippen LogP contribution in [0.2, 0.25) is 0 Å². The van der Waals surface area contributed by atoms with E-state index in [1.807, 2.05) is 6.92 Å². The molecule has 1 aliphatic rings. The second kappa shape index (κ2) is 7.87. The molecule has 1 saturated heterocycles. The number of hydrogen-bond acceptors (Lipinski definition) is 5. The van der Waals surface area contributed by atoms with Crippen molar-refractivity contribution in [2.24, 2.45) is 5.92 Å². The van der Waals surface area contributed by atoms with Crippen LogP contribution in [0.15, 0.2) is 5.38 Å². The Morgan fingerprint density at radius 3 is 2.86 bits per heavy atom. The number of aromatic nitrogens is 1. The van der Waals surface area contributed by atoms with E-state index in [2.05, 4.69) is 20.6 Å². The Morgan fingerprint density at radius 1 is 1.57 bits per heavy atom. The van der Waals surface area contributed by atoms with Crippen molar-refractivity contribution < 1.29 is 9.90 Å². The lowest BCUT2D eigenvalue weighted by Gasteiger charge is -2.30. The summed E-state index contributed by atoms with van der Waals surface area (Å²) in [5.74, 6) is 0.257. The Balaban J connectivity index is 1.69. The summed E-state index contributed by atoms with van der Waals surface area (Å²) < 4.78 is 0. The molecule has 1 atom stereocenters. The smallest absolute Gasteiger partial charge is 0.223 e. The number of thiazole rings is 1. The van der Waals surface area contributed by atoms with Gasteiger partial charge in [0.25, 0.3) is 0 Å². The second-order valence-corrected chi connectivity index (χ2v) is 6.90. The van der Waals surface area contributed by atoms with E-state index in [0.717, 1.165) is 43.2 Å². The van der Waals surface area contributed by atoms with Crippen LogP contribution in [0.25, 0.3) is 0 Å². The third-order valence-electron chi connectivity index (χ3n) is 3.87. The molecule has 0 spiro atoms. The van der Waals surface area contributed by atoms with Crippen molar-refractivity contribution in [1.82, 2.24) is 15.2 Å². The van der Waals surface area contributed by atoms with E-state index in [4.69, 9.17) is 0 Å². The first-order valence-corrected chi connectivity index (χ1v) is 8.51. The fourth-order valence-corrected chi connectivity index (χ4v) is 3.22. The molecule has 1 aliphatic heterocycles. The number of nitrogens with zero attached hydrogens (tertiary/aromatic N) is 2. The summed E-state index contributed by atoms with van der Waals surface area (Å²) in [7, 11) is 0. The first-order chi connectivity index (χ1) is 10.0. The first-order valence-electron chi connectivity index (χ1n) is 7.63. The van der Waals surface area contributed by atoms with Gasteiger partial charge in [-0.3, -0.25) is 9.69 Å². The Labute approximate surface area is 130 Å². The van der Waals surface area contributed by atoms with Gasteiger partial charge >= 0.3 is 0 Å². The molecule has 0 aromatic carbocycles. The molecule has 2 heterocycles.